The van der Waals surface area contributed by atoms with E-state index in [0.29, 0.717) is 18.3 Å². The predicted octanol–water partition coefficient (Wildman–Crippen LogP) is 1.78. The minimum absolute atomic E-state index is 0.159. The van der Waals surface area contributed by atoms with Gasteiger partial charge in [0.15, 0.2) is 0 Å². The molecule has 0 saturated carbocycles. The van der Waals surface area contributed by atoms with E-state index in [2.05, 4.69) is 48.8 Å². The first-order valence-electron chi connectivity index (χ1n) is 5.73. The fourth-order valence-electron chi connectivity index (χ4n) is 1.59. The molecular weight excluding hydrogens is 214 g/mol. The molecule has 0 amide bonds. The lowest BCUT2D eigenvalue weighted by Gasteiger charge is -2.18. The first-order chi connectivity index (χ1) is 8.00. The molecule has 0 spiro atoms. The van der Waals surface area contributed by atoms with Crippen molar-refractivity contribution in [1.29, 1.82) is 0 Å². The lowest BCUT2D eigenvalue weighted by atomic mass is 9.87. The summed E-state index contributed by atoms with van der Waals surface area (Å²) in [6.07, 6.45) is 0. The first-order valence-corrected chi connectivity index (χ1v) is 5.73. The molecule has 0 aliphatic carbocycles. The molecule has 90 valence electrons. The summed E-state index contributed by atoms with van der Waals surface area (Å²) in [7, 11) is 0. The summed E-state index contributed by atoms with van der Waals surface area (Å²) in [5, 5.41) is 3.83. The fourth-order valence-corrected chi connectivity index (χ4v) is 1.59. The van der Waals surface area contributed by atoms with Crippen molar-refractivity contribution in [3.63, 3.8) is 0 Å². The van der Waals surface area contributed by atoms with Gasteiger partial charge in [0.25, 0.3) is 5.89 Å². The second kappa shape index (κ2) is 4.30. The average molecular weight is 232 g/mol. The second-order valence-electron chi connectivity index (χ2n) is 5.09. The monoisotopic (exact) mass is 232 g/mol. The Labute approximate surface area is 101 Å². The van der Waals surface area contributed by atoms with Gasteiger partial charge in [-0.15, -0.1) is 0 Å². The molecule has 0 unspecified atom stereocenters. The topological polar surface area (TPSA) is 66.6 Å². The van der Waals surface area contributed by atoms with E-state index < -0.39 is 0 Å². The molecule has 17 heavy (non-hydrogen) atoms. The van der Waals surface area contributed by atoms with Crippen molar-refractivity contribution in [3.05, 3.63) is 35.7 Å². The number of nitrogens with zero attached hydrogens (tertiary/aromatic N) is 2. The summed E-state index contributed by atoms with van der Waals surface area (Å²) >= 11 is 0. The van der Waals surface area contributed by atoms with E-state index >= 15 is 0 Å². The van der Waals surface area contributed by atoms with Gasteiger partial charge in [-0.3, -0.25) is 0 Å². The predicted molar refractivity (Wildman–Crippen MR) is 65.0 cm³/mol. The molecule has 0 atom stereocenters. The van der Waals surface area contributed by atoms with Crippen molar-refractivity contribution in [1.82, 2.24) is 10.1 Å². The van der Waals surface area contributed by atoms with E-state index in [1.807, 2.05) is 12.1 Å². The molecule has 4 heteroatoms. The molecule has 0 saturated heterocycles. The summed E-state index contributed by atoms with van der Waals surface area (Å²) in [5.41, 5.74) is 6.12. The normalized spacial score (nSPS) is 11.8. The van der Waals surface area contributed by atoms with Gasteiger partial charge in [-0.25, -0.2) is 0 Å². The third-order valence-corrected chi connectivity index (χ3v) is 2.69. The number of rotatable bonds is 2. The smallest absolute Gasteiger partial charge is 0.258 e. The van der Waals surface area contributed by atoms with Crippen LogP contribution in [0.25, 0.3) is 11.5 Å². The summed E-state index contributed by atoms with van der Waals surface area (Å²) in [6, 6.07) is 8.23. The van der Waals surface area contributed by atoms with Crippen LogP contribution in [-0.2, 0) is 12.0 Å². The molecule has 1 aromatic carbocycles. The summed E-state index contributed by atoms with van der Waals surface area (Å²) in [6.45, 7) is 7.12. The molecule has 4 nitrogen and oxygen atoms in total. The Morgan fingerprint density at radius 3 is 2.29 bits per heavy atom. The Morgan fingerprint density at radius 1 is 1.18 bits per heavy atom. The molecule has 2 rings (SSSR count). The van der Waals surface area contributed by atoms with Gasteiger partial charge >= 0.3 is 0 Å². The molecule has 0 bridgehead atoms. The molecule has 0 fully saturated rings. The zero-order valence-electron chi connectivity index (χ0n) is 10.5. The van der Waals surface area contributed by atoms with Crippen LogP contribution in [0.5, 0.6) is 0 Å². The maximum absolute atomic E-state index is 5.17. The molecule has 2 aromatic rings. The van der Waals surface area contributed by atoms with Gasteiger partial charge in [0.1, 0.15) is 6.54 Å². The van der Waals surface area contributed by atoms with Gasteiger partial charge in [-0.05, 0) is 23.1 Å². The Bertz CT molecular complexity index is 494. The van der Waals surface area contributed by atoms with Crippen LogP contribution in [0.1, 0.15) is 32.2 Å². The summed E-state index contributed by atoms with van der Waals surface area (Å²) in [4.78, 5) is 4.25. The molecular formula is C13H18N3O+. The van der Waals surface area contributed by atoms with Crippen molar-refractivity contribution < 1.29 is 10.3 Å². The van der Waals surface area contributed by atoms with Crippen molar-refractivity contribution in [2.75, 3.05) is 0 Å². The number of hydrogen-bond acceptors (Lipinski definition) is 3. The first kappa shape index (κ1) is 11.8. The van der Waals surface area contributed by atoms with Gasteiger partial charge in [0, 0.05) is 5.56 Å². The van der Waals surface area contributed by atoms with E-state index in [0.717, 1.165) is 5.56 Å². The number of benzene rings is 1. The van der Waals surface area contributed by atoms with E-state index in [-0.39, 0.29) is 5.41 Å². The van der Waals surface area contributed by atoms with E-state index in [4.69, 9.17) is 4.52 Å². The van der Waals surface area contributed by atoms with Crippen molar-refractivity contribution in [2.45, 2.75) is 32.7 Å². The SMILES string of the molecule is CC(C)(C)c1ccc(-c2nc(C[NH3+])no2)cc1. The second-order valence-corrected chi connectivity index (χ2v) is 5.09. The van der Waals surface area contributed by atoms with Gasteiger partial charge in [-0.2, -0.15) is 4.98 Å². The molecule has 0 aliphatic rings. The minimum atomic E-state index is 0.159. The minimum Gasteiger partial charge on any atom is -0.351 e. The Balaban J connectivity index is 2.29. The van der Waals surface area contributed by atoms with Gasteiger partial charge in [0.2, 0.25) is 5.82 Å². The molecule has 0 aliphatic heterocycles. The molecule has 3 N–H and O–H groups in total. The molecule has 0 radical (unpaired) electrons. The third kappa shape index (κ3) is 2.53. The van der Waals surface area contributed by atoms with Crippen LogP contribution >= 0.6 is 0 Å². The van der Waals surface area contributed by atoms with Crippen LogP contribution in [0.3, 0.4) is 0 Å². The van der Waals surface area contributed by atoms with Crippen LogP contribution in [0, 0.1) is 0 Å². The summed E-state index contributed by atoms with van der Waals surface area (Å²) in [5.74, 6) is 1.20. The average Bonchev–Trinajstić information content (AvgIpc) is 2.76. The number of hydrogen-bond donors (Lipinski definition) is 1. The largest absolute Gasteiger partial charge is 0.351 e. The Kier molecular flexibility index (Phi) is 2.98. The van der Waals surface area contributed by atoms with Crippen molar-refractivity contribution in [2.24, 2.45) is 0 Å². The quantitative estimate of drug-likeness (QED) is 0.858. The van der Waals surface area contributed by atoms with E-state index in [1.54, 1.807) is 0 Å². The Hall–Kier alpha value is -1.68. The number of aromatic nitrogens is 2. The highest BCUT2D eigenvalue weighted by Gasteiger charge is 2.14. The van der Waals surface area contributed by atoms with Crippen molar-refractivity contribution >= 4 is 0 Å². The van der Waals surface area contributed by atoms with Gasteiger partial charge in [-0.1, -0.05) is 38.1 Å². The third-order valence-electron chi connectivity index (χ3n) is 2.69. The van der Waals surface area contributed by atoms with Crippen LogP contribution < -0.4 is 5.73 Å². The fraction of sp³-hybridized carbons (Fsp3) is 0.385. The van der Waals surface area contributed by atoms with E-state index in [9.17, 15) is 0 Å². The van der Waals surface area contributed by atoms with Crippen LogP contribution in [-0.4, -0.2) is 10.1 Å². The maximum Gasteiger partial charge on any atom is 0.258 e. The standard InChI is InChI=1S/C13H17N3O/c1-13(2,3)10-6-4-9(5-7-10)12-15-11(8-14)16-17-12/h4-7H,8,14H2,1-3H3/p+1. The zero-order chi connectivity index (χ0) is 12.5. The summed E-state index contributed by atoms with van der Waals surface area (Å²) < 4.78 is 5.17. The highest BCUT2D eigenvalue weighted by molar-refractivity contribution is 5.53. The lowest BCUT2D eigenvalue weighted by molar-refractivity contribution is -0.388. The van der Waals surface area contributed by atoms with Gasteiger partial charge < -0.3 is 10.3 Å². The maximum atomic E-state index is 5.17. The van der Waals surface area contributed by atoms with Crippen LogP contribution in [0.15, 0.2) is 28.8 Å². The lowest BCUT2D eigenvalue weighted by Crippen LogP contribution is -2.47. The number of quaternary nitrogens is 1. The van der Waals surface area contributed by atoms with Crippen molar-refractivity contribution in [3.8, 4) is 11.5 Å². The van der Waals surface area contributed by atoms with Gasteiger partial charge in [0.05, 0.1) is 0 Å². The molecule has 1 heterocycles. The highest BCUT2D eigenvalue weighted by Crippen LogP contribution is 2.25. The highest BCUT2D eigenvalue weighted by atomic mass is 16.5. The van der Waals surface area contributed by atoms with Crippen LogP contribution in [0.2, 0.25) is 0 Å². The molecule has 1 aromatic heterocycles. The van der Waals surface area contributed by atoms with E-state index in [1.165, 1.54) is 5.56 Å². The van der Waals surface area contributed by atoms with Crippen LogP contribution in [0.4, 0.5) is 0 Å². The zero-order valence-corrected chi connectivity index (χ0v) is 10.5. The Morgan fingerprint density at radius 2 is 1.82 bits per heavy atom.